The molecule has 3 unspecified atom stereocenters. The van der Waals surface area contributed by atoms with Gasteiger partial charge in [-0.15, -0.1) is 0 Å². The highest BCUT2D eigenvalue weighted by atomic mass is 19.1. The van der Waals surface area contributed by atoms with Gasteiger partial charge < -0.3 is 14.9 Å². The molecule has 2 rings (SSSR count). The number of aliphatic hydroxyl groups excluding tert-OH is 2. The van der Waals surface area contributed by atoms with E-state index in [1.54, 1.807) is 11.5 Å². The molecule has 1 aliphatic heterocycles. The van der Waals surface area contributed by atoms with E-state index in [4.69, 9.17) is 9.84 Å². The van der Waals surface area contributed by atoms with Crippen molar-refractivity contribution in [3.63, 3.8) is 0 Å². The minimum atomic E-state index is -0.770. The number of ether oxygens (including phenoxy) is 1. The molecule has 0 amide bonds. The molecule has 1 aromatic heterocycles. The zero-order chi connectivity index (χ0) is 14.2. The second kappa shape index (κ2) is 5.32. The zero-order valence-electron chi connectivity index (χ0n) is 10.8. The molecular formula is C13H17FNO4+. The van der Waals surface area contributed by atoms with E-state index in [0.29, 0.717) is 5.56 Å². The summed E-state index contributed by atoms with van der Waals surface area (Å²) in [5, 5.41) is 18.7. The Balaban J connectivity index is 2.34. The fourth-order valence-electron chi connectivity index (χ4n) is 2.21. The molecule has 2 N–H and O–H groups in total. The molecule has 0 aromatic carbocycles. The maximum absolute atomic E-state index is 13.8. The van der Waals surface area contributed by atoms with Crippen LogP contribution in [0.15, 0.2) is 12.4 Å². The van der Waals surface area contributed by atoms with Gasteiger partial charge in [0.15, 0.2) is 18.2 Å². The van der Waals surface area contributed by atoms with Gasteiger partial charge in [-0.25, -0.2) is 4.39 Å². The molecule has 1 fully saturated rings. The lowest BCUT2D eigenvalue weighted by molar-refractivity contribution is -0.760. The molecule has 0 aliphatic carbocycles. The molecule has 1 aliphatic rings. The van der Waals surface area contributed by atoms with Gasteiger partial charge in [-0.2, -0.15) is 4.57 Å². The molecule has 19 heavy (non-hydrogen) atoms. The number of Topliss-reactive ketones (excluding diaryl/α,β-unsaturated/α-hetero) is 1. The number of ketones is 1. The summed E-state index contributed by atoms with van der Waals surface area (Å²) in [5.41, 5.74) is 0.323. The summed E-state index contributed by atoms with van der Waals surface area (Å²) in [6.45, 7) is 2.58. The van der Waals surface area contributed by atoms with Crippen molar-refractivity contribution in [3.05, 3.63) is 29.3 Å². The molecule has 0 saturated carbocycles. The van der Waals surface area contributed by atoms with Gasteiger partial charge in [0, 0.05) is 5.56 Å². The Morgan fingerprint density at radius 1 is 1.58 bits per heavy atom. The summed E-state index contributed by atoms with van der Waals surface area (Å²) < 4.78 is 20.8. The first kappa shape index (κ1) is 14.0. The van der Waals surface area contributed by atoms with Crippen molar-refractivity contribution in [2.75, 3.05) is 6.61 Å². The number of aryl methyl sites for hydroxylation is 1. The van der Waals surface area contributed by atoms with Crippen LogP contribution in [0.3, 0.4) is 0 Å². The third-order valence-electron chi connectivity index (χ3n) is 3.30. The fraction of sp³-hybridized carbons (Fsp3) is 0.538. The Labute approximate surface area is 110 Å². The highest BCUT2D eigenvalue weighted by molar-refractivity contribution is 5.93. The van der Waals surface area contributed by atoms with Crippen molar-refractivity contribution >= 4 is 5.78 Å². The minimum Gasteiger partial charge on any atom is -0.394 e. The van der Waals surface area contributed by atoms with Crippen molar-refractivity contribution in [1.29, 1.82) is 0 Å². The van der Waals surface area contributed by atoms with Crippen molar-refractivity contribution < 1.29 is 28.7 Å². The number of aliphatic hydroxyl groups is 2. The summed E-state index contributed by atoms with van der Waals surface area (Å²) in [4.78, 5) is 11.4. The van der Waals surface area contributed by atoms with Crippen LogP contribution in [0.4, 0.5) is 4.39 Å². The average Bonchev–Trinajstić information content (AvgIpc) is 2.73. The van der Waals surface area contributed by atoms with Gasteiger partial charge in [0.05, 0.1) is 19.1 Å². The number of nitrogens with zero attached hydrogens (tertiary/aromatic N) is 1. The standard InChI is InChI=1S/C13H17FNO4/c1-7-4-15(5-9(8(2)17)13(7)14)12-3-10(18)11(6-16)19-12/h4-5,10-12,16,18H,3,6H2,1-2H3/q+1. The molecule has 104 valence electrons. The van der Waals surface area contributed by atoms with Crippen LogP contribution in [-0.4, -0.2) is 34.8 Å². The van der Waals surface area contributed by atoms with Gasteiger partial charge >= 0.3 is 0 Å². The maximum atomic E-state index is 13.8. The summed E-state index contributed by atoms with van der Waals surface area (Å²) in [7, 11) is 0. The molecule has 6 heteroatoms. The number of carbonyl (C=O) groups is 1. The first-order valence-corrected chi connectivity index (χ1v) is 6.10. The Bertz CT molecular complexity index is 506. The van der Waals surface area contributed by atoms with Crippen LogP contribution >= 0.6 is 0 Å². The zero-order valence-corrected chi connectivity index (χ0v) is 10.8. The van der Waals surface area contributed by atoms with Crippen LogP contribution in [0.5, 0.6) is 0 Å². The lowest BCUT2D eigenvalue weighted by atomic mass is 10.1. The quantitative estimate of drug-likeness (QED) is 0.611. The Kier molecular flexibility index (Phi) is 3.93. The third-order valence-corrected chi connectivity index (χ3v) is 3.30. The van der Waals surface area contributed by atoms with E-state index in [-0.39, 0.29) is 24.4 Å². The number of aromatic nitrogens is 1. The number of pyridine rings is 1. The molecule has 1 aromatic rings. The Morgan fingerprint density at radius 3 is 2.79 bits per heavy atom. The van der Waals surface area contributed by atoms with Crippen LogP contribution in [0.2, 0.25) is 0 Å². The van der Waals surface area contributed by atoms with Crippen molar-refractivity contribution in [1.82, 2.24) is 0 Å². The lowest BCUT2D eigenvalue weighted by Gasteiger charge is -2.10. The predicted octanol–water partition coefficient (Wildman–Crippen LogP) is 0.265. The second-order valence-corrected chi connectivity index (χ2v) is 4.79. The van der Waals surface area contributed by atoms with E-state index in [0.717, 1.165) is 0 Å². The average molecular weight is 270 g/mol. The number of carbonyl (C=O) groups excluding carboxylic acids is 1. The molecule has 2 heterocycles. The maximum Gasteiger partial charge on any atom is 0.265 e. The topological polar surface area (TPSA) is 70.6 Å². The normalized spacial score (nSPS) is 26.7. The molecule has 0 bridgehead atoms. The van der Waals surface area contributed by atoms with Crippen LogP contribution < -0.4 is 4.57 Å². The number of rotatable bonds is 3. The Morgan fingerprint density at radius 2 is 2.26 bits per heavy atom. The van der Waals surface area contributed by atoms with Crippen LogP contribution in [0.1, 0.15) is 35.5 Å². The molecule has 0 radical (unpaired) electrons. The Hall–Kier alpha value is -1.37. The molecule has 0 spiro atoms. The molecule has 5 nitrogen and oxygen atoms in total. The highest BCUT2D eigenvalue weighted by Crippen LogP contribution is 2.25. The van der Waals surface area contributed by atoms with Gasteiger partial charge in [0.2, 0.25) is 0 Å². The van der Waals surface area contributed by atoms with E-state index in [1.807, 2.05) is 0 Å². The van der Waals surface area contributed by atoms with Gasteiger partial charge in [-0.05, 0) is 13.8 Å². The van der Waals surface area contributed by atoms with E-state index in [2.05, 4.69) is 0 Å². The molecular weight excluding hydrogens is 253 g/mol. The number of hydrogen-bond acceptors (Lipinski definition) is 4. The summed E-state index contributed by atoms with van der Waals surface area (Å²) in [6.07, 6.45) is 1.26. The van der Waals surface area contributed by atoms with E-state index < -0.39 is 24.3 Å². The van der Waals surface area contributed by atoms with Crippen LogP contribution in [-0.2, 0) is 4.74 Å². The minimum absolute atomic E-state index is 0.00876. The van der Waals surface area contributed by atoms with Gasteiger partial charge in [0.1, 0.15) is 17.5 Å². The summed E-state index contributed by atoms with van der Waals surface area (Å²) >= 11 is 0. The van der Waals surface area contributed by atoms with Crippen LogP contribution in [0, 0.1) is 12.7 Å². The third kappa shape index (κ3) is 2.65. The van der Waals surface area contributed by atoms with Gasteiger partial charge in [0.25, 0.3) is 6.23 Å². The first-order chi connectivity index (χ1) is 8.93. The monoisotopic (exact) mass is 270 g/mol. The van der Waals surface area contributed by atoms with E-state index >= 15 is 0 Å². The smallest absolute Gasteiger partial charge is 0.265 e. The van der Waals surface area contributed by atoms with Crippen molar-refractivity contribution in [3.8, 4) is 0 Å². The van der Waals surface area contributed by atoms with E-state index in [1.165, 1.54) is 19.3 Å². The SMILES string of the molecule is CC(=O)c1c[n+](C2CC(O)C(CO)O2)cc(C)c1F. The molecule has 1 saturated heterocycles. The first-order valence-electron chi connectivity index (χ1n) is 6.10. The number of hydrogen-bond donors (Lipinski definition) is 2. The van der Waals surface area contributed by atoms with Crippen molar-refractivity contribution in [2.45, 2.75) is 38.7 Å². The largest absolute Gasteiger partial charge is 0.394 e. The summed E-state index contributed by atoms with van der Waals surface area (Å²) in [5.74, 6) is -0.909. The van der Waals surface area contributed by atoms with E-state index in [9.17, 15) is 14.3 Å². The van der Waals surface area contributed by atoms with Crippen molar-refractivity contribution in [2.24, 2.45) is 0 Å². The van der Waals surface area contributed by atoms with Gasteiger partial charge in [-0.1, -0.05) is 0 Å². The summed E-state index contributed by atoms with van der Waals surface area (Å²) in [6, 6.07) is 0. The molecule has 3 atom stereocenters. The predicted molar refractivity (Wildman–Crippen MR) is 63.0 cm³/mol. The fourth-order valence-corrected chi connectivity index (χ4v) is 2.21. The second-order valence-electron chi connectivity index (χ2n) is 4.79. The lowest BCUT2D eigenvalue weighted by Crippen LogP contribution is -2.41. The number of halogens is 1. The van der Waals surface area contributed by atoms with Crippen LogP contribution in [0.25, 0.3) is 0 Å². The van der Waals surface area contributed by atoms with Gasteiger partial charge in [-0.3, -0.25) is 4.79 Å². The highest BCUT2D eigenvalue weighted by Gasteiger charge is 2.39.